The van der Waals surface area contributed by atoms with E-state index in [4.69, 9.17) is 5.11 Å². The monoisotopic (exact) mass is 446 g/mol. The molecule has 0 spiro atoms. The highest BCUT2D eigenvalue weighted by Crippen LogP contribution is 2.50. The molecule has 3 rings (SSSR count). The normalized spacial score (nSPS) is 21.1. The Bertz CT molecular complexity index is 1000. The van der Waals surface area contributed by atoms with E-state index in [1.54, 1.807) is 19.1 Å². The molecular formula is C27H33F3O2. The third kappa shape index (κ3) is 5.02. The lowest BCUT2D eigenvalue weighted by molar-refractivity contribution is -0.138. The molecule has 5 heteroatoms. The minimum atomic E-state index is -4.44. The second-order valence-corrected chi connectivity index (χ2v) is 10.5. The summed E-state index contributed by atoms with van der Waals surface area (Å²) in [5.41, 5.74) is 3.24. The number of aliphatic carboxylic acids is 1. The fraction of sp³-hybridized carbons (Fsp3) is 0.519. The zero-order chi connectivity index (χ0) is 23.9. The summed E-state index contributed by atoms with van der Waals surface area (Å²) in [6.45, 7) is 9.99. The van der Waals surface area contributed by atoms with Crippen LogP contribution in [0.4, 0.5) is 13.2 Å². The first-order valence-electron chi connectivity index (χ1n) is 11.3. The summed E-state index contributed by atoms with van der Waals surface area (Å²) < 4.78 is 42.9. The molecule has 2 aliphatic rings. The lowest BCUT2D eigenvalue weighted by Crippen LogP contribution is -2.34. The summed E-state index contributed by atoms with van der Waals surface area (Å²) in [7, 11) is 0. The number of carboxylic acid groups (broad SMARTS) is 1. The van der Waals surface area contributed by atoms with E-state index in [9.17, 15) is 18.0 Å². The SMILES string of the molecule is C/C(C=CC1=C(c2cc3c(cc2C(F)(F)F)C(C)(C)CCC3(C)C)CCCC1)=C\C(=O)O. The van der Waals surface area contributed by atoms with E-state index in [2.05, 4.69) is 13.8 Å². The number of allylic oxidation sites excluding steroid dienone is 5. The van der Waals surface area contributed by atoms with Crippen molar-refractivity contribution in [3.8, 4) is 0 Å². The van der Waals surface area contributed by atoms with Gasteiger partial charge in [0.1, 0.15) is 0 Å². The fourth-order valence-electron chi connectivity index (χ4n) is 4.99. The van der Waals surface area contributed by atoms with Crippen LogP contribution in [0.1, 0.15) is 95.4 Å². The van der Waals surface area contributed by atoms with Gasteiger partial charge < -0.3 is 5.11 Å². The molecule has 174 valence electrons. The van der Waals surface area contributed by atoms with Crippen molar-refractivity contribution in [2.75, 3.05) is 0 Å². The third-order valence-corrected chi connectivity index (χ3v) is 7.03. The predicted octanol–water partition coefficient (Wildman–Crippen LogP) is 7.97. The summed E-state index contributed by atoms with van der Waals surface area (Å²) in [5.74, 6) is -1.04. The van der Waals surface area contributed by atoms with Crippen LogP contribution < -0.4 is 0 Å². The number of carbonyl (C=O) groups is 1. The van der Waals surface area contributed by atoms with Gasteiger partial charge in [-0.1, -0.05) is 45.9 Å². The average molecular weight is 447 g/mol. The molecule has 0 aliphatic heterocycles. The Morgan fingerprint density at radius 3 is 2.12 bits per heavy atom. The number of alkyl halides is 3. The maximum atomic E-state index is 14.3. The molecular weight excluding hydrogens is 413 g/mol. The van der Waals surface area contributed by atoms with E-state index in [1.807, 2.05) is 19.9 Å². The van der Waals surface area contributed by atoms with Crippen molar-refractivity contribution in [3.63, 3.8) is 0 Å². The molecule has 0 aromatic heterocycles. The van der Waals surface area contributed by atoms with Gasteiger partial charge in [0, 0.05) is 6.08 Å². The van der Waals surface area contributed by atoms with Crippen LogP contribution in [0.3, 0.4) is 0 Å². The van der Waals surface area contributed by atoms with Gasteiger partial charge in [-0.2, -0.15) is 13.2 Å². The molecule has 0 saturated carbocycles. The largest absolute Gasteiger partial charge is 0.478 e. The molecule has 0 saturated heterocycles. The molecule has 0 amide bonds. The summed E-state index contributed by atoms with van der Waals surface area (Å²) >= 11 is 0. The molecule has 0 unspecified atom stereocenters. The molecule has 1 N–H and O–H groups in total. The van der Waals surface area contributed by atoms with Gasteiger partial charge in [-0.3, -0.25) is 0 Å². The van der Waals surface area contributed by atoms with Gasteiger partial charge in [0.25, 0.3) is 0 Å². The van der Waals surface area contributed by atoms with Gasteiger partial charge in [0.15, 0.2) is 0 Å². The number of hydrogen-bond acceptors (Lipinski definition) is 1. The Hall–Kier alpha value is -2.30. The second-order valence-electron chi connectivity index (χ2n) is 10.5. The van der Waals surface area contributed by atoms with E-state index in [1.165, 1.54) is 6.07 Å². The molecule has 32 heavy (non-hydrogen) atoms. The highest BCUT2D eigenvalue weighted by atomic mass is 19.4. The molecule has 1 aromatic rings. The summed E-state index contributed by atoms with van der Waals surface area (Å²) in [6, 6.07) is 3.22. The number of benzene rings is 1. The minimum Gasteiger partial charge on any atom is -0.478 e. The molecule has 0 radical (unpaired) electrons. The van der Waals surface area contributed by atoms with E-state index in [0.717, 1.165) is 54.0 Å². The van der Waals surface area contributed by atoms with Crippen molar-refractivity contribution in [3.05, 3.63) is 63.8 Å². The quantitative estimate of drug-likeness (QED) is 0.376. The zero-order valence-corrected chi connectivity index (χ0v) is 19.6. The fourth-order valence-corrected chi connectivity index (χ4v) is 4.99. The van der Waals surface area contributed by atoms with Crippen molar-refractivity contribution in [1.29, 1.82) is 0 Å². The lowest BCUT2D eigenvalue weighted by Gasteiger charge is -2.43. The number of hydrogen-bond donors (Lipinski definition) is 1. The van der Waals surface area contributed by atoms with Gasteiger partial charge in [-0.25, -0.2) is 4.79 Å². The summed E-state index contributed by atoms with van der Waals surface area (Å²) in [5, 5.41) is 8.93. The molecule has 0 heterocycles. The Morgan fingerprint density at radius 1 is 1.00 bits per heavy atom. The summed E-state index contributed by atoms with van der Waals surface area (Å²) in [4.78, 5) is 10.9. The van der Waals surface area contributed by atoms with Crippen molar-refractivity contribution in [1.82, 2.24) is 0 Å². The third-order valence-electron chi connectivity index (χ3n) is 7.03. The molecule has 0 atom stereocenters. The van der Waals surface area contributed by atoms with Gasteiger partial charge in [-0.15, -0.1) is 0 Å². The van der Waals surface area contributed by atoms with Crippen molar-refractivity contribution in [2.24, 2.45) is 0 Å². The molecule has 2 aliphatic carbocycles. The number of rotatable bonds is 4. The van der Waals surface area contributed by atoms with Crippen LogP contribution in [-0.4, -0.2) is 11.1 Å². The van der Waals surface area contributed by atoms with Crippen LogP contribution in [-0.2, 0) is 21.8 Å². The van der Waals surface area contributed by atoms with Crippen LogP contribution in [0.2, 0.25) is 0 Å². The van der Waals surface area contributed by atoms with Gasteiger partial charge in [0.2, 0.25) is 0 Å². The maximum Gasteiger partial charge on any atom is 0.417 e. The molecule has 0 bridgehead atoms. The Balaban J connectivity index is 2.26. The van der Waals surface area contributed by atoms with Crippen LogP contribution in [0.25, 0.3) is 5.57 Å². The van der Waals surface area contributed by atoms with Crippen LogP contribution in [0.15, 0.2) is 41.5 Å². The standard InChI is InChI=1S/C27H33F3O2/c1-17(14-24(31)32)10-11-18-8-6-7-9-19(18)20-15-22-23(16-21(20)27(28,29)30)26(4,5)13-12-25(22,2)3/h10-11,14-16H,6-9,12-13H2,1-5H3,(H,31,32)/b11-10?,17-14+. The Morgan fingerprint density at radius 2 is 1.56 bits per heavy atom. The Labute approximate surface area is 188 Å². The minimum absolute atomic E-state index is 0.185. The predicted molar refractivity (Wildman–Crippen MR) is 123 cm³/mol. The number of halogens is 3. The molecule has 2 nitrogen and oxygen atoms in total. The molecule has 0 fully saturated rings. The van der Waals surface area contributed by atoms with E-state index in [-0.39, 0.29) is 10.8 Å². The van der Waals surface area contributed by atoms with Crippen molar-refractivity contribution >= 4 is 11.5 Å². The van der Waals surface area contributed by atoms with Crippen LogP contribution >= 0.6 is 0 Å². The number of carboxylic acids is 1. The van der Waals surface area contributed by atoms with E-state index < -0.39 is 17.7 Å². The first-order chi connectivity index (χ1) is 14.7. The van der Waals surface area contributed by atoms with Crippen LogP contribution in [0.5, 0.6) is 0 Å². The topological polar surface area (TPSA) is 37.3 Å². The highest BCUT2D eigenvalue weighted by Gasteiger charge is 2.42. The van der Waals surface area contributed by atoms with Crippen molar-refractivity contribution in [2.45, 2.75) is 90.1 Å². The lowest BCUT2D eigenvalue weighted by atomic mass is 9.62. The number of fused-ring (bicyclic) bond motifs is 1. The second kappa shape index (κ2) is 8.57. The zero-order valence-electron chi connectivity index (χ0n) is 19.6. The average Bonchev–Trinajstić information content (AvgIpc) is 2.68. The van der Waals surface area contributed by atoms with E-state index >= 15 is 0 Å². The Kier molecular flexibility index (Phi) is 6.52. The van der Waals surface area contributed by atoms with Crippen LogP contribution in [0, 0.1) is 0 Å². The van der Waals surface area contributed by atoms with Gasteiger partial charge >= 0.3 is 12.1 Å². The first kappa shape index (κ1) is 24.3. The summed E-state index contributed by atoms with van der Waals surface area (Å²) in [6.07, 6.45) is 4.98. The van der Waals surface area contributed by atoms with E-state index in [0.29, 0.717) is 24.0 Å². The van der Waals surface area contributed by atoms with Gasteiger partial charge in [-0.05, 0) is 95.8 Å². The smallest absolute Gasteiger partial charge is 0.417 e. The van der Waals surface area contributed by atoms with Crippen molar-refractivity contribution < 1.29 is 23.1 Å². The highest BCUT2D eigenvalue weighted by molar-refractivity contribution is 5.81. The maximum absolute atomic E-state index is 14.3. The first-order valence-corrected chi connectivity index (χ1v) is 11.3. The van der Waals surface area contributed by atoms with Gasteiger partial charge in [0.05, 0.1) is 5.56 Å². The molecule has 1 aromatic carbocycles.